The molecule has 136 valence electrons. The van der Waals surface area contributed by atoms with Crippen LogP contribution in [0.25, 0.3) is 0 Å². The van der Waals surface area contributed by atoms with Crippen molar-refractivity contribution in [1.82, 2.24) is 10.6 Å². The van der Waals surface area contributed by atoms with E-state index in [1.54, 1.807) is 0 Å². The molecule has 24 heavy (non-hydrogen) atoms. The van der Waals surface area contributed by atoms with Gasteiger partial charge in [0.05, 0.1) is 19.8 Å². The van der Waals surface area contributed by atoms with Crippen LogP contribution in [0.1, 0.15) is 51.4 Å². The van der Waals surface area contributed by atoms with Gasteiger partial charge in [-0.1, -0.05) is 18.1 Å². The first-order chi connectivity index (χ1) is 11.8. The van der Waals surface area contributed by atoms with Crippen LogP contribution < -0.4 is 10.6 Å². The third-order valence-electron chi connectivity index (χ3n) is 5.03. The van der Waals surface area contributed by atoms with Gasteiger partial charge in [0, 0.05) is 25.9 Å². The molecule has 1 aliphatic carbocycles. The Balaban J connectivity index is 1.29. The molecule has 0 radical (unpaired) electrons. The second-order valence-electron chi connectivity index (χ2n) is 6.92. The summed E-state index contributed by atoms with van der Waals surface area (Å²) in [5, 5.41) is 5.83. The maximum Gasteiger partial charge on any atom is 0.314 e. The van der Waals surface area contributed by atoms with Crippen LogP contribution in [-0.2, 0) is 14.2 Å². The van der Waals surface area contributed by atoms with E-state index in [0.29, 0.717) is 32.9 Å². The summed E-state index contributed by atoms with van der Waals surface area (Å²) in [6, 6.07) is -0.124. The molecule has 2 N–H and O–H groups in total. The number of urea groups is 1. The van der Waals surface area contributed by atoms with E-state index in [1.807, 2.05) is 0 Å². The molecule has 1 spiro atoms. The molecule has 6 nitrogen and oxygen atoms in total. The molecule has 2 fully saturated rings. The summed E-state index contributed by atoms with van der Waals surface area (Å²) in [6.45, 7) is 3.07. The predicted octanol–water partition coefficient (Wildman–Crippen LogP) is 2.49. The smallest absolute Gasteiger partial charge is 0.314 e. The molecule has 2 aliphatic heterocycles. The van der Waals surface area contributed by atoms with Crippen LogP contribution >= 0.6 is 0 Å². The maximum absolute atomic E-state index is 11.9. The van der Waals surface area contributed by atoms with Gasteiger partial charge in [0.1, 0.15) is 6.10 Å². The number of carbonyl (C=O) groups is 1. The third-order valence-corrected chi connectivity index (χ3v) is 5.03. The largest absolute Gasteiger partial charge is 0.381 e. The Hall–Kier alpha value is -1.11. The Bertz CT molecular complexity index is 446. The molecule has 2 amide bonds. The molecule has 2 heterocycles. The van der Waals surface area contributed by atoms with Crippen molar-refractivity contribution in [1.29, 1.82) is 0 Å². The fraction of sp³-hybridized carbons (Fsp3) is 0.833. The molecular weight excluding hydrogens is 308 g/mol. The lowest BCUT2D eigenvalue weighted by atomic mass is 10.1. The highest BCUT2D eigenvalue weighted by molar-refractivity contribution is 5.73. The van der Waals surface area contributed by atoms with Gasteiger partial charge in [-0.2, -0.15) is 0 Å². The Kier molecular flexibility index (Phi) is 6.51. The van der Waals surface area contributed by atoms with Gasteiger partial charge < -0.3 is 24.8 Å². The average molecular weight is 338 g/mol. The molecule has 6 heteroatoms. The fourth-order valence-electron chi connectivity index (χ4n) is 3.58. The summed E-state index contributed by atoms with van der Waals surface area (Å²) in [6.07, 6.45) is 11.1. The van der Waals surface area contributed by atoms with E-state index < -0.39 is 5.79 Å². The van der Waals surface area contributed by atoms with E-state index in [-0.39, 0.29) is 12.1 Å². The lowest BCUT2D eigenvalue weighted by molar-refractivity contribution is -0.210. The first-order valence-electron chi connectivity index (χ1n) is 9.35. The third kappa shape index (κ3) is 5.19. The van der Waals surface area contributed by atoms with Crippen molar-refractivity contribution in [2.45, 2.75) is 63.3 Å². The van der Waals surface area contributed by atoms with E-state index in [4.69, 9.17) is 14.2 Å². The van der Waals surface area contributed by atoms with E-state index in [2.05, 4.69) is 16.7 Å². The molecule has 1 atom stereocenters. The molecule has 0 saturated carbocycles. The van der Waals surface area contributed by atoms with Crippen LogP contribution in [0.2, 0.25) is 0 Å². The summed E-state index contributed by atoms with van der Waals surface area (Å²) < 4.78 is 17.2. The SMILES string of the molecule is O=C(NCCC1=CCCCCC1)NC[C@@H]1COC2(CCOCC2)O1. The first-order valence-corrected chi connectivity index (χ1v) is 9.35. The Morgan fingerprint density at radius 1 is 1.21 bits per heavy atom. The monoisotopic (exact) mass is 338 g/mol. The summed E-state index contributed by atoms with van der Waals surface area (Å²) in [5.74, 6) is -0.479. The summed E-state index contributed by atoms with van der Waals surface area (Å²) in [7, 11) is 0. The molecule has 0 aromatic heterocycles. The van der Waals surface area contributed by atoms with Gasteiger partial charge in [-0.15, -0.1) is 0 Å². The highest BCUT2D eigenvalue weighted by atomic mass is 16.7. The number of allylic oxidation sites excluding steroid dienone is 1. The van der Waals surface area contributed by atoms with Crippen molar-refractivity contribution in [3.8, 4) is 0 Å². The zero-order chi connectivity index (χ0) is 16.7. The lowest BCUT2D eigenvalue weighted by Crippen LogP contribution is -2.42. The molecule has 0 bridgehead atoms. The fourth-order valence-corrected chi connectivity index (χ4v) is 3.58. The normalized spacial score (nSPS) is 26.7. The van der Waals surface area contributed by atoms with Gasteiger partial charge in [-0.3, -0.25) is 0 Å². The standard InChI is InChI=1S/C18H30N2O4/c21-17(19-10-7-15-5-3-1-2-4-6-15)20-13-16-14-23-18(24-16)8-11-22-12-9-18/h5,16H,1-4,6-14H2,(H2,19,20,21)/t16-/m1/s1. The van der Waals surface area contributed by atoms with Crippen LogP contribution in [0, 0.1) is 0 Å². The number of hydrogen-bond donors (Lipinski definition) is 2. The maximum atomic E-state index is 11.9. The minimum absolute atomic E-state index is 0.0709. The van der Waals surface area contributed by atoms with Gasteiger partial charge in [0.25, 0.3) is 0 Å². The lowest BCUT2D eigenvalue weighted by Gasteiger charge is -2.31. The quantitative estimate of drug-likeness (QED) is 0.756. The topological polar surface area (TPSA) is 68.8 Å². The predicted molar refractivity (Wildman–Crippen MR) is 90.8 cm³/mol. The Morgan fingerprint density at radius 2 is 2.08 bits per heavy atom. The van der Waals surface area contributed by atoms with Gasteiger partial charge in [-0.05, 0) is 32.1 Å². The van der Waals surface area contributed by atoms with Crippen molar-refractivity contribution >= 4 is 6.03 Å². The van der Waals surface area contributed by atoms with Crippen LogP contribution in [-0.4, -0.2) is 50.8 Å². The first kappa shape index (κ1) is 17.7. The van der Waals surface area contributed by atoms with Crippen LogP contribution in [0.5, 0.6) is 0 Å². The van der Waals surface area contributed by atoms with Crippen LogP contribution in [0.3, 0.4) is 0 Å². The molecule has 3 rings (SSSR count). The summed E-state index contributed by atoms with van der Waals surface area (Å²) in [5.41, 5.74) is 1.49. The van der Waals surface area contributed by atoms with E-state index >= 15 is 0 Å². The number of carbonyl (C=O) groups excluding carboxylic acids is 1. The average Bonchev–Trinajstić information content (AvgIpc) is 2.81. The highest BCUT2D eigenvalue weighted by Crippen LogP contribution is 2.32. The molecule has 3 aliphatic rings. The number of hydrogen-bond acceptors (Lipinski definition) is 4. The zero-order valence-corrected chi connectivity index (χ0v) is 14.5. The molecule has 0 aromatic carbocycles. The highest BCUT2D eigenvalue weighted by Gasteiger charge is 2.42. The van der Waals surface area contributed by atoms with E-state index in [0.717, 1.165) is 19.3 Å². The van der Waals surface area contributed by atoms with Crippen molar-refractivity contribution in [2.24, 2.45) is 0 Å². The molecule has 0 aromatic rings. The van der Waals surface area contributed by atoms with E-state index in [1.165, 1.54) is 37.7 Å². The van der Waals surface area contributed by atoms with Gasteiger partial charge in [0.2, 0.25) is 0 Å². The van der Waals surface area contributed by atoms with Crippen molar-refractivity contribution in [3.63, 3.8) is 0 Å². The van der Waals surface area contributed by atoms with Gasteiger partial charge in [0.15, 0.2) is 5.79 Å². The van der Waals surface area contributed by atoms with Gasteiger partial charge >= 0.3 is 6.03 Å². The van der Waals surface area contributed by atoms with Crippen molar-refractivity contribution in [2.75, 3.05) is 32.9 Å². The summed E-state index contributed by atoms with van der Waals surface area (Å²) >= 11 is 0. The van der Waals surface area contributed by atoms with E-state index in [9.17, 15) is 4.79 Å². The zero-order valence-electron chi connectivity index (χ0n) is 14.5. The van der Waals surface area contributed by atoms with Crippen molar-refractivity contribution < 1.29 is 19.0 Å². The minimum Gasteiger partial charge on any atom is -0.381 e. The molecular formula is C18H30N2O4. The Labute approximate surface area is 144 Å². The second-order valence-corrected chi connectivity index (χ2v) is 6.92. The summed E-state index contributed by atoms with van der Waals surface area (Å²) in [4.78, 5) is 11.9. The van der Waals surface area contributed by atoms with Crippen molar-refractivity contribution in [3.05, 3.63) is 11.6 Å². The number of nitrogens with one attached hydrogen (secondary N) is 2. The number of amides is 2. The molecule has 2 saturated heterocycles. The number of ether oxygens (including phenoxy) is 3. The van der Waals surface area contributed by atoms with Crippen LogP contribution in [0.15, 0.2) is 11.6 Å². The van der Waals surface area contributed by atoms with Crippen LogP contribution in [0.4, 0.5) is 4.79 Å². The second kappa shape index (κ2) is 8.83. The number of rotatable bonds is 5. The van der Waals surface area contributed by atoms with Gasteiger partial charge in [-0.25, -0.2) is 4.79 Å². The Morgan fingerprint density at radius 3 is 2.96 bits per heavy atom. The minimum atomic E-state index is -0.479. The molecule has 0 unspecified atom stereocenters.